The summed E-state index contributed by atoms with van der Waals surface area (Å²) in [6, 6.07) is 0. The molecule has 55 heavy (non-hydrogen) atoms. The van der Waals surface area contributed by atoms with Gasteiger partial charge in [-0.05, 0) is 141 Å². The molecule has 7 heteroatoms. The van der Waals surface area contributed by atoms with Crippen LogP contribution in [0.3, 0.4) is 0 Å². The number of aldehydes is 1. The SMILES string of the molecule is CCC1O[C@@H](OC2[C@H](O[C@H]3CCC4(C)C5CC=C6C7CC(C)(C)CC[C@]7(C(=O)O)CC[C@@]6(C)C5(C)CC[C@H]4[C@@]3(C)C=O)OC(C)[C@@H](C)[C@@H]2C)C(C)[C@@H](C)[C@H]1C. The predicted molar refractivity (Wildman–Crippen MR) is 216 cm³/mol. The summed E-state index contributed by atoms with van der Waals surface area (Å²) in [4.78, 5) is 26.8. The summed E-state index contributed by atoms with van der Waals surface area (Å²) in [6.45, 7) is 30.2. The molecule has 8 unspecified atom stereocenters. The third-order valence-electron chi connectivity index (χ3n) is 19.7. The van der Waals surface area contributed by atoms with Crippen LogP contribution in [0.5, 0.6) is 0 Å². The maximum Gasteiger partial charge on any atom is 0.310 e. The highest BCUT2D eigenvalue weighted by Crippen LogP contribution is 2.76. The van der Waals surface area contributed by atoms with Crippen LogP contribution in [0, 0.1) is 79.8 Å². The van der Waals surface area contributed by atoms with E-state index in [4.69, 9.17) is 18.9 Å². The fraction of sp³-hybridized carbons (Fsp3) is 0.917. The maximum absolute atomic E-state index is 13.7. The van der Waals surface area contributed by atoms with Gasteiger partial charge in [0, 0.05) is 5.92 Å². The van der Waals surface area contributed by atoms with Crippen molar-refractivity contribution in [2.24, 2.45) is 79.8 Å². The number of carboxylic acids is 1. The van der Waals surface area contributed by atoms with Crippen molar-refractivity contribution in [2.75, 3.05) is 0 Å². The van der Waals surface area contributed by atoms with Gasteiger partial charge in [0.25, 0.3) is 0 Å². The van der Waals surface area contributed by atoms with E-state index in [2.05, 4.69) is 96.1 Å². The van der Waals surface area contributed by atoms with Crippen LogP contribution in [0.2, 0.25) is 0 Å². The quantitative estimate of drug-likeness (QED) is 0.157. The summed E-state index contributed by atoms with van der Waals surface area (Å²) in [5.74, 6) is 1.77. The summed E-state index contributed by atoms with van der Waals surface area (Å²) in [6.07, 6.45) is 12.6. The first-order chi connectivity index (χ1) is 25.6. The second-order valence-corrected chi connectivity index (χ2v) is 22.4. The Kier molecular flexibility index (Phi) is 10.8. The lowest BCUT2D eigenvalue weighted by molar-refractivity contribution is -0.350. The van der Waals surface area contributed by atoms with Gasteiger partial charge in [-0.3, -0.25) is 4.79 Å². The van der Waals surface area contributed by atoms with Crippen molar-refractivity contribution in [2.45, 2.75) is 198 Å². The number of carbonyl (C=O) groups excluding carboxylic acids is 1. The van der Waals surface area contributed by atoms with Gasteiger partial charge in [0.05, 0.1) is 29.1 Å². The lowest BCUT2D eigenvalue weighted by Gasteiger charge is -2.71. The Morgan fingerprint density at radius 3 is 2.15 bits per heavy atom. The van der Waals surface area contributed by atoms with E-state index in [-0.39, 0.29) is 82.0 Å². The molecule has 0 aromatic carbocycles. The molecular formula is C48H78O7. The average molecular weight is 767 g/mol. The fourth-order valence-corrected chi connectivity index (χ4v) is 14.8. The van der Waals surface area contributed by atoms with Crippen LogP contribution < -0.4 is 0 Å². The molecule has 2 heterocycles. The molecule has 0 spiro atoms. The summed E-state index contributed by atoms with van der Waals surface area (Å²) in [5.41, 5.74) is 0.208. The third kappa shape index (κ3) is 6.13. The Morgan fingerprint density at radius 1 is 0.800 bits per heavy atom. The van der Waals surface area contributed by atoms with Crippen LogP contribution in [-0.2, 0) is 28.5 Å². The molecule has 2 aliphatic heterocycles. The van der Waals surface area contributed by atoms with E-state index >= 15 is 0 Å². The van der Waals surface area contributed by atoms with Gasteiger partial charge < -0.3 is 28.8 Å². The zero-order chi connectivity index (χ0) is 40.3. The summed E-state index contributed by atoms with van der Waals surface area (Å²) in [5, 5.41) is 10.8. The van der Waals surface area contributed by atoms with Gasteiger partial charge >= 0.3 is 5.97 Å². The summed E-state index contributed by atoms with van der Waals surface area (Å²) >= 11 is 0. The van der Waals surface area contributed by atoms with E-state index in [0.29, 0.717) is 17.8 Å². The molecule has 312 valence electrons. The smallest absolute Gasteiger partial charge is 0.310 e. The molecule has 4 saturated carbocycles. The Balaban J connectivity index is 1.16. The first-order valence-corrected chi connectivity index (χ1v) is 22.7. The zero-order valence-corrected chi connectivity index (χ0v) is 36.9. The lowest BCUT2D eigenvalue weighted by Crippen LogP contribution is -2.66. The number of allylic oxidation sites excluding steroid dienone is 2. The normalized spacial score (nSPS) is 54.8. The van der Waals surface area contributed by atoms with Crippen molar-refractivity contribution in [3.05, 3.63) is 11.6 Å². The highest BCUT2D eigenvalue weighted by molar-refractivity contribution is 5.76. The van der Waals surface area contributed by atoms with E-state index in [1.54, 1.807) is 0 Å². The van der Waals surface area contributed by atoms with Crippen molar-refractivity contribution >= 4 is 12.3 Å². The number of ether oxygens (including phenoxy) is 4. The topological polar surface area (TPSA) is 91.3 Å². The molecule has 6 fully saturated rings. The molecule has 1 N–H and O–H groups in total. The Morgan fingerprint density at radius 2 is 1.49 bits per heavy atom. The maximum atomic E-state index is 13.7. The molecule has 0 radical (unpaired) electrons. The average Bonchev–Trinajstić information content (AvgIpc) is 3.13. The van der Waals surface area contributed by atoms with Crippen molar-refractivity contribution in [1.82, 2.24) is 0 Å². The summed E-state index contributed by atoms with van der Waals surface area (Å²) in [7, 11) is 0. The molecular weight excluding hydrogens is 689 g/mol. The number of rotatable bonds is 7. The van der Waals surface area contributed by atoms with Crippen LogP contribution in [0.4, 0.5) is 0 Å². The molecule has 0 aromatic heterocycles. The molecule has 7 aliphatic rings. The summed E-state index contributed by atoms with van der Waals surface area (Å²) < 4.78 is 27.6. The largest absolute Gasteiger partial charge is 0.481 e. The number of carbonyl (C=O) groups is 2. The van der Waals surface area contributed by atoms with Gasteiger partial charge in [-0.15, -0.1) is 0 Å². The monoisotopic (exact) mass is 767 g/mol. The van der Waals surface area contributed by atoms with Crippen LogP contribution >= 0.6 is 0 Å². The van der Waals surface area contributed by atoms with E-state index in [9.17, 15) is 14.7 Å². The lowest BCUT2D eigenvalue weighted by atomic mass is 9.33. The van der Waals surface area contributed by atoms with Crippen molar-refractivity contribution in [3.63, 3.8) is 0 Å². The van der Waals surface area contributed by atoms with Crippen LogP contribution in [0.15, 0.2) is 11.6 Å². The van der Waals surface area contributed by atoms with Crippen molar-refractivity contribution in [3.8, 4) is 0 Å². The van der Waals surface area contributed by atoms with Gasteiger partial charge in [-0.25, -0.2) is 0 Å². The first-order valence-electron chi connectivity index (χ1n) is 22.7. The fourth-order valence-electron chi connectivity index (χ4n) is 14.8. The number of carboxylic acid groups (broad SMARTS) is 1. The van der Waals surface area contributed by atoms with E-state index in [1.807, 2.05) is 0 Å². The molecule has 7 rings (SSSR count). The molecule has 5 aliphatic carbocycles. The second kappa shape index (κ2) is 14.2. The first kappa shape index (κ1) is 41.9. The standard InChI is InChI=1S/C48H78O7/c1-14-35-29(4)27(2)31(6)40(53-35)55-39-30(5)28(3)32(7)52-41(39)54-38-18-19-44(10)36(45(38,11)26-49)17-20-47(13)37(44)16-15-33-34-25-43(8,9)21-23-48(34,42(50)51)24-22-46(33,47)12/h15,26-32,34-41H,14,16-25H2,1-13H3,(H,50,51)/t27-,28-,29+,30-,31?,32?,34?,35?,36+,37?,38-,39?,40-,41-,44?,45+,46+,47?,48-/m0/s1. The highest BCUT2D eigenvalue weighted by Gasteiger charge is 2.70. The van der Waals surface area contributed by atoms with E-state index in [0.717, 1.165) is 70.6 Å². The Bertz CT molecular complexity index is 1500. The molecule has 7 nitrogen and oxygen atoms in total. The van der Waals surface area contributed by atoms with Crippen LogP contribution in [-0.4, -0.2) is 54.4 Å². The van der Waals surface area contributed by atoms with Gasteiger partial charge in [-0.1, -0.05) is 94.7 Å². The molecule has 0 aromatic rings. The second-order valence-electron chi connectivity index (χ2n) is 22.4. The number of fused-ring (bicyclic) bond motifs is 7. The van der Waals surface area contributed by atoms with Crippen LogP contribution in [0.25, 0.3) is 0 Å². The van der Waals surface area contributed by atoms with Crippen molar-refractivity contribution in [1.29, 1.82) is 0 Å². The molecule has 0 bridgehead atoms. The van der Waals surface area contributed by atoms with Gasteiger partial charge in [0.1, 0.15) is 12.4 Å². The van der Waals surface area contributed by atoms with Gasteiger partial charge in [-0.2, -0.15) is 0 Å². The Labute approximate surface area is 334 Å². The van der Waals surface area contributed by atoms with Gasteiger partial charge in [0.2, 0.25) is 0 Å². The molecule has 19 atom stereocenters. The van der Waals surface area contributed by atoms with Crippen molar-refractivity contribution < 1.29 is 33.6 Å². The minimum atomic E-state index is -0.674. The predicted octanol–water partition coefficient (Wildman–Crippen LogP) is 10.9. The van der Waals surface area contributed by atoms with E-state index in [1.165, 1.54) is 11.9 Å². The molecule has 0 amide bonds. The molecule has 2 saturated heterocycles. The highest BCUT2D eigenvalue weighted by atomic mass is 16.7. The Hall–Kier alpha value is -1.28. The van der Waals surface area contributed by atoms with Gasteiger partial charge in [0.15, 0.2) is 12.6 Å². The van der Waals surface area contributed by atoms with E-state index < -0.39 is 23.1 Å². The minimum Gasteiger partial charge on any atom is -0.481 e. The zero-order valence-electron chi connectivity index (χ0n) is 36.9. The third-order valence-corrected chi connectivity index (χ3v) is 19.7. The number of aliphatic carboxylic acids is 1. The van der Waals surface area contributed by atoms with Crippen LogP contribution in [0.1, 0.15) is 161 Å². The minimum absolute atomic E-state index is 0.00711. The number of hydrogen-bond donors (Lipinski definition) is 1. The number of hydrogen-bond acceptors (Lipinski definition) is 6.